The molecule has 33 heavy (non-hydrogen) atoms. The van der Waals surface area contributed by atoms with Crippen molar-refractivity contribution in [1.29, 1.82) is 0 Å². The summed E-state index contributed by atoms with van der Waals surface area (Å²) in [5.74, 6) is -1.11. The van der Waals surface area contributed by atoms with Gasteiger partial charge in [-0.3, -0.25) is 25.0 Å². The van der Waals surface area contributed by atoms with Gasteiger partial charge in [0, 0.05) is 11.1 Å². The van der Waals surface area contributed by atoms with Crippen LogP contribution in [-0.4, -0.2) is 27.1 Å². The molecule has 0 saturated heterocycles. The maximum atomic E-state index is 12.2. The van der Waals surface area contributed by atoms with Crippen LogP contribution >= 0.6 is 23.2 Å². The summed E-state index contributed by atoms with van der Waals surface area (Å²) in [6, 6.07) is 11.6. The number of amides is 1. The Morgan fingerprint density at radius 3 is 2.36 bits per heavy atom. The van der Waals surface area contributed by atoms with Gasteiger partial charge in [0.05, 0.1) is 32.7 Å². The number of hydrogen-bond donors (Lipinski definition) is 2. The highest BCUT2D eigenvalue weighted by Gasteiger charge is 2.21. The second-order valence-electron chi connectivity index (χ2n) is 6.32. The lowest BCUT2D eigenvalue weighted by molar-refractivity contribution is -0.394. The van der Waals surface area contributed by atoms with Crippen LogP contribution < -0.4 is 10.2 Å². The average Bonchev–Trinajstić information content (AvgIpc) is 2.77. The number of nitrogens with one attached hydrogen (secondary N) is 1. The van der Waals surface area contributed by atoms with E-state index in [1.165, 1.54) is 30.5 Å². The molecule has 0 heterocycles. The van der Waals surface area contributed by atoms with Crippen LogP contribution in [0.15, 0.2) is 59.7 Å². The van der Waals surface area contributed by atoms with Crippen molar-refractivity contribution < 1.29 is 24.5 Å². The van der Waals surface area contributed by atoms with Gasteiger partial charge in [0.2, 0.25) is 5.75 Å². The zero-order valence-electron chi connectivity index (χ0n) is 16.3. The summed E-state index contributed by atoms with van der Waals surface area (Å²) in [5.41, 5.74) is 1.62. The third-order valence-electron chi connectivity index (χ3n) is 4.11. The summed E-state index contributed by atoms with van der Waals surface area (Å²) < 4.78 is 5.47. The molecule has 0 unspecified atom stereocenters. The van der Waals surface area contributed by atoms with Crippen molar-refractivity contribution in [2.75, 3.05) is 0 Å². The zero-order chi connectivity index (χ0) is 24.1. The zero-order valence-corrected chi connectivity index (χ0v) is 17.8. The van der Waals surface area contributed by atoms with Crippen LogP contribution in [-0.2, 0) is 0 Å². The van der Waals surface area contributed by atoms with E-state index in [1.54, 1.807) is 12.1 Å². The van der Waals surface area contributed by atoms with E-state index in [4.69, 9.17) is 27.9 Å². The fourth-order valence-electron chi connectivity index (χ4n) is 2.56. The van der Waals surface area contributed by atoms with E-state index in [-0.39, 0.29) is 27.1 Å². The van der Waals surface area contributed by atoms with Gasteiger partial charge in [-0.2, -0.15) is 5.10 Å². The maximum absolute atomic E-state index is 12.2. The Labute approximate surface area is 195 Å². The number of hydrogen-bond acceptors (Lipinski definition) is 8. The highest BCUT2D eigenvalue weighted by Crippen LogP contribution is 2.34. The molecule has 0 aromatic heterocycles. The predicted molar refractivity (Wildman–Crippen MR) is 119 cm³/mol. The molecule has 11 nitrogen and oxygen atoms in total. The number of nitro groups is 2. The van der Waals surface area contributed by atoms with Crippen molar-refractivity contribution in [1.82, 2.24) is 5.43 Å². The molecule has 2 N–H and O–H groups in total. The van der Waals surface area contributed by atoms with Crippen molar-refractivity contribution in [3.63, 3.8) is 0 Å². The third kappa shape index (κ3) is 5.73. The quantitative estimate of drug-likeness (QED) is 0.265. The molecule has 168 valence electrons. The summed E-state index contributed by atoms with van der Waals surface area (Å²) in [6.07, 6.45) is 1.30. The number of nitro benzene ring substituents is 2. The van der Waals surface area contributed by atoms with Crippen LogP contribution in [0, 0.1) is 20.2 Å². The molecule has 3 aromatic rings. The molecule has 0 aliphatic carbocycles. The number of ether oxygens (including phenoxy) is 1. The molecule has 0 aliphatic rings. The molecule has 0 bridgehead atoms. The number of non-ortho nitro benzene ring substituents is 1. The van der Waals surface area contributed by atoms with Crippen molar-refractivity contribution in [2.45, 2.75) is 0 Å². The number of halogens is 2. The molecule has 1 amide bonds. The Hall–Kier alpha value is -4.22. The van der Waals surface area contributed by atoms with Crippen LogP contribution in [0.1, 0.15) is 15.9 Å². The van der Waals surface area contributed by atoms with Crippen molar-refractivity contribution >= 4 is 46.7 Å². The molecule has 13 heteroatoms. The molecular weight excluding hydrogens is 479 g/mol. The maximum Gasteiger partial charge on any atom is 0.318 e. The molecule has 0 atom stereocenters. The first-order valence-electron chi connectivity index (χ1n) is 8.88. The van der Waals surface area contributed by atoms with Gasteiger partial charge in [-0.1, -0.05) is 23.2 Å². The van der Waals surface area contributed by atoms with Gasteiger partial charge < -0.3 is 9.84 Å². The lowest BCUT2D eigenvalue weighted by atomic mass is 10.2. The summed E-state index contributed by atoms with van der Waals surface area (Å²) in [5, 5.41) is 35.7. The second-order valence-corrected chi connectivity index (χ2v) is 7.16. The van der Waals surface area contributed by atoms with Gasteiger partial charge in [0.15, 0.2) is 0 Å². The van der Waals surface area contributed by atoms with Gasteiger partial charge in [0.1, 0.15) is 11.5 Å². The highest BCUT2D eigenvalue weighted by atomic mass is 35.5. The number of aromatic hydroxyl groups is 1. The van der Waals surface area contributed by atoms with Crippen molar-refractivity contribution in [3.8, 4) is 17.2 Å². The minimum Gasteiger partial charge on any atom is -0.506 e. The molecular formula is C20H12Cl2N4O7. The number of phenols is 1. The molecule has 0 fully saturated rings. The highest BCUT2D eigenvalue weighted by molar-refractivity contribution is 6.36. The van der Waals surface area contributed by atoms with Gasteiger partial charge in [-0.05, 0) is 48.0 Å². The van der Waals surface area contributed by atoms with Crippen LogP contribution in [0.4, 0.5) is 11.4 Å². The van der Waals surface area contributed by atoms with Gasteiger partial charge in [0.25, 0.3) is 11.6 Å². The fourth-order valence-corrected chi connectivity index (χ4v) is 3.06. The van der Waals surface area contributed by atoms with E-state index in [0.29, 0.717) is 5.56 Å². The summed E-state index contributed by atoms with van der Waals surface area (Å²) in [7, 11) is 0. The van der Waals surface area contributed by atoms with E-state index < -0.39 is 32.9 Å². The number of hydrazone groups is 1. The summed E-state index contributed by atoms with van der Waals surface area (Å²) in [6.45, 7) is 0. The van der Waals surface area contributed by atoms with Crippen molar-refractivity contribution in [2.24, 2.45) is 5.10 Å². The number of benzene rings is 3. The van der Waals surface area contributed by atoms with E-state index in [9.17, 15) is 30.1 Å². The average molecular weight is 491 g/mol. The smallest absolute Gasteiger partial charge is 0.318 e. The minimum absolute atomic E-state index is 0.0829. The molecule has 0 aliphatic heterocycles. The van der Waals surface area contributed by atoms with Crippen LogP contribution in [0.5, 0.6) is 17.2 Å². The first-order valence-corrected chi connectivity index (χ1v) is 9.63. The molecule has 0 spiro atoms. The lowest BCUT2D eigenvalue weighted by Crippen LogP contribution is -2.17. The normalized spacial score (nSPS) is 10.7. The molecule has 3 rings (SSSR count). The van der Waals surface area contributed by atoms with Crippen molar-refractivity contribution in [3.05, 3.63) is 96.0 Å². The number of carbonyl (C=O) groups excluding carboxylic acids is 1. The van der Waals surface area contributed by atoms with Crippen LogP contribution in [0.25, 0.3) is 0 Å². The van der Waals surface area contributed by atoms with E-state index in [1.807, 2.05) is 0 Å². The first-order chi connectivity index (χ1) is 15.7. The van der Waals surface area contributed by atoms with E-state index in [0.717, 1.165) is 18.2 Å². The number of rotatable bonds is 7. The molecule has 3 aromatic carbocycles. The standard InChI is InChI=1S/C20H12Cl2N4O7/c21-12-7-15(19(27)16(22)8-12)20(28)24-23-10-11-1-4-14(5-2-11)33-18-6-3-13(25(29)30)9-17(18)26(31)32/h1-10,27H,(H,24,28)/b23-10+. The number of nitrogens with zero attached hydrogens (tertiary/aromatic N) is 3. The van der Waals surface area contributed by atoms with Gasteiger partial charge in [-0.25, -0.2) is 5.43 Å². The second kappa shape index (κ2) is 9.94. The minimum atomic E-state index is -0.781. The SMILES string of the molecule is O=C(N/N=C/c1ccc(Oc2ccc([N+](=O)[O-])cc2[N+](=O)[O-])cc1)c1cc(Cl)cc(Cl)c1O. The van der Waals surface area contributed by atoms with E-state index in [2.05, 4.69) is 10.5 Å². The number of carbonyl (C=O) groups is 1. The Morgan fingerprint density at radius 1 is 1.03 bits per heavy atom. The first kappa shape index (κ1) is 23.4. The monoisotopic (exact) mass is 490 g/mol. The Morgan fingerprint density at radius 2 is 1.73 bits per heavy atom. The lowest BCUT2D eigenvalue weighted by Gasteiger charge is -2.07. The fraction of sp³-hybridized carbons (Fsp3) is 0. The van der Waals surface area contributed by atoms with Gasteiger partial charge in [-0.15, -0.1) is 0 Å². The molecule has 0 radical (unpaired) electrons. The topological polar surface area (TPSA) is 157 Å². The Bertz CT molecular complexity index is 1280. The van der Waals surface area contributed by atoms with E-state index >= 15 is 0 Å². The largest absolute Gasteiger partial charge is 0.506 e. The van der Waals surface area contributed by atoms with Gasteiger partial charge >= 0.3 is 5.69 Å². The Balaban J connectivity index is 1.69. The van der Waals surface area contributed by atoms with Crippen LogP contribution in [0.3, 0.4) is 0 Å². The number of phenolic OH excluding ortho intramolecular Hbond substituents is 1. The Kier molecular flexibility index (Phi) is 7.06. The third-order valence-corrected chi connectivity index (χ3v) is 4.62. The summed E-state index contributed by atoms with van der Waals surface area (Å²) in [4.78, 5) is 32.6. The predicted octanol–water partition coefficient (Wildman–Crippen LogP) is 5.07. The van der Waals surface area contributed by atoms with Crippen LogP contribution in [0.2, 0.25) is 10.0 Å². The summed E-state index contributed by atoms with van der Waals surface area (Å²) >= 11 is 11.6. The molecule has 0 saturated carbocycles.